The van der Waals surface area contributed by atoms with Gasteiger partial charge in [-0.25, -0.2) is 0 Å². The Kier molecular flexibility index (Phi) is 5.38. The molecule has 2 spiro atoms. The molecule has 0 aromatic carbocycles. The fourth-order valence-corrected chi connectivity index (χ4v) is 6.77. The van der Waals surface area contributed by atoms with Gasteiger partial charge in [-0.1, -0.05) is 38.6 Å². The van der Waals surface area contributed by atoms with Crippen molar-refractivity contribution in [2.24, 2.45) is 28.1 Å². The highest BCUT2D eigenvalue weighted by Gasteiger charge is 2.84. The number of carbonyl (C=O) groups excluding carboxylic acids is 2. The molecule has 0 bridgehead atoms. The third kappa shape index (κ3) is 2.59. The maximum atomic E-state index is 12.9. The molecule has 4 aliphatic rings. The minimum atomic E-state index is -0.953. The smallest absolute Gasteiger partial charge is 0.318 e. The lowest BCUT2D eigenvalue weighted by atomic mass is 9.52. The van der Waals surface area contributed by atoms with Gasteiger partial charge in [0.05, 0.1) is 10.8 Å². The first-order chi connectivity index (χ1) is 14.1. The second kappa shape index (κ2) is 7.27. The molecule has 8 atom stereocenters. The summed E-state index contributed by atoms with van der Waals surface area (Å²) in [6, 6.07) is 0. The van der Waals surface area contributed by atoms with Crippen molar-refractivity contribution >= 4 is 40.1 Å². The lowest BCUT2D eigenvalue weighted by molar-refractivity contribution is -0.227. The highest BCUT2D eigenvalue weighted by molar-refractivity contribution is 8.22. The van der Waals surface area contributed by atoms with Gasteiger partial charge in [-0.05, 0) is 42.3 Å². The van der Waals surface area contributed by atoms with E-state index in [1.54, 1.807) is 7.11 Å². The first-order valence-corrected chi connectivity index (χ1v) is 11.6. The van der Waals surface area contributed by atoms with Gasteiger partial charge in [0.2, 0.25) is 4.38 Å². The van der Waals surface area contributed by atoms with E-state index in [9.17, 15) is 9.59 Å². The lowest BCUT2D eigenvalue weighted by Gasteiger charge is -2.51. The molecule has 166 valence electrons. The van der Waals surface area contributed by atoms with Gasteiger partial charge in [0.25, 0.3) is 0 Å². The second-order valence-electron chi connectivity index (χ2n) is 9.41. The van der Waals surface area contributed by atoms with Crippen LogP contribution in [-0.2, 0) is 33.3 Å². The summed E-state index contributed by atoms with van der Waals surface area (Å²) in [5.74, 6) is -1.76. The quantitative estimate of drug-likeness (QED) is 0.362. The Bertz CT molecular complexity index is 806. The number of rotatable bonds is 3. The Labute approximate surface area is 186 Å². The third-order valence-electron chi connectivity index (χ3n) is 7.34. The molecule has 2 aliphatic carbocycles. The van der Waals surface area contributed by atoms with E-state index in [2.05, 4.69) is 20.8 Å². The molecule has 0 radical (unpaired) electrons. The molecule has 1 saturated carbocycles. The van der Waals surface area contributed by atoms with Crippen LogP contribution in [0.3, 0.4) is 0 Å². The van der Waals surface area contributed by atoms with Crippen molar-refractivity contribution in [3.63, 3.8) is 0 Å². The van der Waals surface area contributed by atoms with E-state index in [1.807, 2.05) is 12.3 Å². The van der Waals surface area contributed by atoms with Crippen molar-refractivity contribution < 1.29 is 33.3 Å². The number of methoxy groups -OCH3 is 2. The van der Waals surface area contributed by atoms with E-state index < -0.39 is 47.5 Å². The number of hydrogen-bond donors (Lipinski definition) is 0. The van der Waals surface area contributed by atoms with Crippen LogP contribution < -0.4 is 0 Å². The highest BCUT2D eigenvalue weighted by atomic mass is 32.2. The molecule has 9 heteroatoms. The number of ketones is 1. The molecular formula is C21H28O7S2. The number of thiocarbonyl (C=S) groups is 1. The maximum Gasteiger partial charge on any atom is 0.318 e. The maximum absolute atomic E-state index is 12.9. The molecule has 0 N–H and O–H groups in total. The van der Waals surface area contributed by atoms with Gasteiger partial charge in [-0.3, -0.25) is 9.59 Å². The SMILES string of the molecule is CO[C@H]1O[C@@H](OC)C2([C@@H]1OC(=S)SC)[C@H](C(C)(C)C)C[C@H]1OC(=O)[C@@H]3C(=O)C=CC312. The first-order valence-electron chi connectivity index (χ1n) is 9.98. The van der Waals surface area contributed by atoms with Crippen LogP contribution in [0, 0.1) is 28.1 Å². The Morgan fingerprint density at radius 2 is 1.97 bits per heavy atom. The standard InChI is InChI=1S/C21H28O7S2/c1-19(2,3)11-9-12-20(8-7-10(22)13(20)15(23)26-12)21(11)14(27-18(29)30-6)16(24-4)28-17(21)25-5/h7-8,11-14,16-17H,9H2,1-6H3/t11-,12+,13-,14+,16-,17+,20?,21?/m0/s1. The Balaban J connectivity index is 2.00. The van der Waals surface area contributed by atoms with Crippen molar-refractivity contribution in [2.45, 2.75) is 52.0 Å². The topological polar surface area (TPSA) is 80.3 Å². The van der Waals surface area contributed by atoms with Gasteiger partial charge in [-0.15, -0.1) is 0 Å². The zero-order valence-corrected chi connectivity index (χ0v) is 19.6. The number of ether oxygens (including phenoxy) is 5. The Hall–Kier alpha value is -1.00. The molecule has 2 aliphatic heterocycles. The first kappa shape index (κ1) is 22.2. The van der Waals surface area contributed by atoms with Crippen LogP contribution in [0.2, 0.25) is 0 Å². The van der Waals surface area contributed by atoms with E-state index in [-0.39, 0.29) is 17.1 Å². The fraction of sp³-hybridized carbons (Fsp3) is 0.762. The summed E-state index contributed by atoms with van der Waals surface area (Å²) < 4.78 is 30.2. The number of carbonyl (C=O) groups is 2. The van der Waals surface area contributed by atoms with E-state index in [0.29, 0.717) is 10.8 Å². The Morgan fingerprint density at radius 3 is 2.53 bits per heavy atom. The van der Waals surface area contributed by atoms with E-state index >= 15 is 0 Å². The molecule has 2 unspecified atom stereocenters. The summed E-state index contributed by atoms with van der Waals surface area (Å²) in [4.78, 5) is 25.7. The monoisotopic (exact) mass is 456 g/mol. The molecule has 0 aromatic heterocycles. The normalized spacial score (nSPS) is 44.5. The largest absolute Gasteiger partial charge is 0.469 e. The van der Waals surface area contributed by atoms with Crippen LogP contribution in [0.5, 0.6) is 0 Å². The predicted octanol–water partition coefficient (Wildman–Crippen LogP) is 2.71. The summed E-state index contributed by atoms with van der Waals surface area (Å²) in [6.45, 7) is 6.39. The molecule has 2 heterocycles. The van der Waals surface area contributed by atoms with Crippen molar-refractivity contribution in [2.75, 3.05) is 20.5 Å². The molecule has 3 fully saturated rings. The predicted molar refractivity (Wildman–Crippen MR) is 114 cm³/mol. The zero-order chi connectivity index (χ0) is 22.1. The highest BCUT2D eigenvalue weighted by Crippen LogP contribution is 2.75. The van der Waals surface area contributed by atoms with Crippen LogP contribution in [0.15, 0.2) is 12.2 Å². The summed E-state index contributed by atoms with van der Waals surface area (Å²) in [7, 11) is 3.10. The van der Waals surface area contributed by atoms with Crippen molar-refractivity contribution in [3.05, 3.63) is 12.2 Å². The van der Waals surface area contributed by atoms with Gasteiger partial charge in [0, 0.05) is 14.2 Å². The van der Waals surface area contributed by atoms with Crippen molar-refractivity contribution in [3.8, 4) is 0 Å². The summed E-state index contributed by atoms with van der Waals surface area (Å²) >= 11 is 6.72. The average molecular weight is 457 g/mol. The molecule has 2 saturated heterocycles. The van der Waals surface area contributed by atoms with Crippen molar-refractivity contribution in [1.82, 2.24) is 0 Å². The molecule has 4 rings (SSSR count). The number of allylic oxidation sites excluding steroid dienone is 1. The van der Waals surface area contributed by atoms with Gasteiger partial charge >= 0.3 is 5.97 Å². The summed E-state index contributed by atoms with van der Waals surface area (Å²) in [5, 5.41) is 0. The lowest BCUT2D eigenvalue weighted by Crippen LogP contribution is -2.61. The van der Waals surface area contributed by atoms with Crippen LogP contribution >= 0.6 is 24.0 Å². The minimum absolute atomic E-state index is 0.0686. The summed E-state index contributed by atoms with van der Waals surface area (Å²) in [5.41, 5.74) is -2.11. The molecule has 30 heavy (non-hydrogen) atoms. The summed E-state index contributed by atoms with van der Waals surface area (Å²) in [6.07, 6.45) is 3.02. The molecule has 0 amide bonds. The van der Waals surface area contributed by atoms with Gasteiger partial charge in [0.1, 0.15) is 12.0 Å². The van der Waals surface area contributed by atoms with Gasteiger partial charge in [0.15, 0.2) is 24.5 Å². The zero-order valence-electron chi connectivity index (χ0n) is 18.0. The number of esters is 1. The van der Waals surface area contributed by atoms with E-state index in [4.69, 9.17) is 35.9 Å². The van der Waals surface area contributed by atoms with Crippen LogP contribution in [0.4, 0.5) is 0 Å². The number of hydrogen-bond acceptors (Lipinski definition) is 9. The van der Waals surface area contributed by atoms with Gasteiger partial charge < -0.3 is 23.7 Å². The number of thioether (sulfide) groups is 1. The van der Waals surface area contributed by atoms with Gasteiger partial charge in [-0.2, -0.15) is 0 Å². The fourth-order valence-electron chi connectivity index (χ4n) is 6.47. The second-order valence-corrected chi connectivity index (χ2v) is 10.8. The Morgan fingerprint density at radius 1 is 1.27 bits per heavy atom. The molecule has 7 nitrogen and oxygen atoms in total. The molecular weight excluding hydrogens is 428 g/mol. The van der Waals surface area contributed by atoms with Crippen LogP contribution in [-0.4, -0.2) is 61.4 Å². The van der Waals surface area contributed by atoms with E-state index in [0.717, 1.165) is 0 Å². The van der Waals surface area contributed by atoms with Crippen molar-refractivity contribution in [1.29, 1.82) is 0 Å². The van der Waals surface area contributed by atoms with Crippen LogP contribution in [0.1, 0.15) is 27.2 Å². The van der Waals surface area contributed by atoms with Crippen LogP contribution in [0.25, 0.3) is 0 Å². The minimum Gasteiger partial charge on any atom is -0.469 e. The van der Waals surface area contributed by atoms with E-state index in [1.165, 1.54) is 24.9 Å². The third-order valence-corrected chi connectivity index (χ3v) is 8.36. The molecule has 0 aromatic rings. The average Bonchev–Trinajstić information content (AvgIpc) is 3.35.